The fourth-order valence-electron chi connectivity index (χ4n) is 8.85. The first-order valence-corrected chi connectivity index (χ1v) is 20.2. The lowest BCUT2D eigenvalue weighted by Crippen LogP contribution is -1.99. The Balaban J connectivity index is 0.989. The predicted molar refractivity (Wildman–Crippen MR) is 247 cm³/mol. The molecule has 11 rings (SSSR count). The largest absolute Gasteiger partial charge is 0.309 e. The van der Waals surface area contributed by atoms with Crippen LogP contribution in [0, 0.1) is 34.0 Å². The lowest BCUT2D eigenvalue weighted by Gasteiger charge is -2.13. The van der Waals surface area contributed by atoms with Crippen LogP contribution in [0.3, 0.4) is 0 Å². The van der Waals surface area contributed by atoms with Crippen LogP contribution in [0.2, 0.25) is 0 Å². The van der Waals surface area contributed by atoms with Crippen LogP contribution < -0.4 is 0 Å². The second-order valence-corrected chi connectivity index (χ2v) is 15.1. The first-order valence-electron chi connectivity index (χ1n) is 20.2. The lowest BCUT2D eigenvalue weighted by atomic mass is 9.96. The molecule has 8 aromatic carbocycles. The van der Waals surface area contributed by atoms with Gasteiger partial charge in [-0.15, -0.1) is 0 Å². The molecule has 0 atom stereocenters. The zero-order chi connectivity index (χ0) is 41.7. The Morgan fingerprint density at radius 3 is 1.47 bits per heavy atom. The third-order valence-electron chi connectivity index (χ3n) is 11.7. The predicted octanol–water partition coefficient (Wildman–Crippen LogP) is 13.0. The zero-order valence-corrected chi connectivity index (χ0v) is 33.0. The van der Waals surface area contributed by atoms with E-state index in [0.29, 0.717) is 50.6 Å². The first kappa shape index (κ1) is 36.0. The number of rotatable bonds is 6. The highest BCUT2D eigenvalue weighted by molar-refractivity contribution is 6.12. The third kappa shape index (κ3) is 5.80. The molecule has 0 fully saturated rings. The zero-order valence-electron chi connectivity index (χ0n) is 33.0. The highest BCUT2D eigenvalue weighted by Gasteiger charge is 2.19. The smallest absolute Gasteiger partial charge is 0.161 e. The van der Waals surface area contributed by atoms with Crippen molar-refractivity contribution >= 4 is 43.6 Å². The number of hydrogen-bond donors (Lipinski definition) is 0. The first-order chi connectivity index (χ1) is 30.6. The normalized spacial score (nSPS) is 11.2. The minimum absolute atomic E-state index is 0.355. The molecule has 0 aliphatic heterocycles. The van der Waals surface area contributed by atoms with Crippen molar-refractivity contribution in [3.8, 4) is 74.6 Å². The van der Waals surface area contributed by atoms with Gasteiger partial charge in [0.25, 0.3) is 0 Å². The molecular formula is C55H31N7. The summed E-state index contributed by atoms with van der Waals surface area (Å²) in [5.41, 5.74) is 12.8. The summed E-state index contributed by atoms with van der Waals surface area (Å²) in [7, 11) is 0. The van der Waals surface area contributed by atoms with E-state index in [1.807, 2.05) is 54.6 Å². The summed E-state index contributed by atoms with van der Waals surface area (Å²) >= 11 is 0. The molecule has 0 spiro atoms. The average molecular weight is 790 g/mol. The summed E-state index contributed by atoms with van der Waals surface area (Å²) in [6, 6.07) is 69.7. The summed E-state index contributed by atoms with van der Waals surface area (Å²) in [6.07, 6.45) is 0. The number of aromatic nitrogens is 4. The molecule has 0 saturated carbocycles. The molecule has 0 bridgehead atoms. The SMILES string of the molecule is N#Cc1cc(-c2cc(-c3ccccc3C#N)nc(-c3ccccc3C#N)n2)ccc1-c1ccc(-n2c3ccccc3c3cc(-n4c5ccccc5c5ccccc54)ccc32)cc1. The maximum absolute atomic E-state index is 10.5. The highest BCUT2D eigenvalue weighted by Crippen LogP contribution is 2.38. The van der Waals surface area contributed by atoms with E-state index < -0.39 is 0 Å². The molecule has 62 heavy (non-hydrogen) atoms. The van der Waals surface area contributed by atoms with Gasteiger partial charge in [0.1, 0.15) is 0 Å². The van der Waals surface area contributed by atoms with E-state index in [2.05, 4.69) is 143 Å². The van der Waals surface area contributed by atoms with Gasteiger partial charge >= 0.3 is 0 Å². The van der Waals surface area contributed by atoms with E-state index in [1.165, 1.54) is 27.2 Å². The molecule has 0 N–H and O–H groups in total. The molecule has 7 nitrogen and oxygen atoms in total. The van der Waals surface area contributed by atoms with Crippen LogP contribution in [0.4, 0.5) is 0 Å². The summed E-state index contributed by atoms with van der Waals surface area (Å²) in [5, 5.41) is 35.2. The maximum atomic E-state index is 10.5. The van der Waals surface area contributed by atoms with Crippen LogP contribution in [-0.2, 0) is 0 Å². The molecule has 0 amide bonds. The van der Waals surface area contributed by atoms with Gasteiger partial charge in [0, 0.05) is 49.6 Å². The molecule has 0 aliphatic carbocycles. The monoisotopic (exact) mass is 789 g/mol. The van der Waals surface area contributed by atoms with Gasteiger partial charge in [-0.05, 0) is 90.0 Å². The molecule has 11 aromatic rings. The average Bonchev–Trinajstić information content (AvgIpc) is 3.86. The van der Waals surface area contributed by atoms with Gasteiger partial charge in [0.2, 0.25) is 0 Å². The van der Waals surface area contributed by atoms with Crippen molar-refractivity contribution in [2.24, 2.45) is 0 Å². The van der Waals surface area contributed by atoms with Gasteiger partial charge in [0.15, 0.2) is 5.82 Å². The molecular weight excluding hydrogens is 759 g/mol. The second-order valence-electron chi connectivity index (χ2n) is 15.1. The van der Waals surface area contributed by atoms with Crippen molar-refractivity contribution in [3.05, 3.63) is 205 Å². The summed E-state index contributed by atoms with van der Waals surface area (Å²) in [5.74, 6) is 0.355. The second kappa shape index (κ2) is 14.6. The number of para-hydroxylation sites is 3. The number of nitriles is 3. The Kier molecular flexibility index (Phi) is 8.50. The molecule has 286 valence electrons. The maximum Gasteiger partial charge on any atom is 0.161 e. The van der Waals surface area contributed by atoms with Gasteiger partial charge in [-0.25, -0.2) is 9.97 Å². The van der Waals surface area contributed by atoms with Crippen molar-refractivity contribution in [2.45, 2.75) is 0 Å². The van der Waals surface area contributed by atoms with Crippen LogP contribution in [0.5, 0.6) is 0 Å². The Morgan fingerprint density at radius 1 is 0.339 bits per heavy atom. The van der Waals surface area contributed by atoms with E-state index >= 15 is 0 Å². The Hall–Kier alpha value is -9.09. The number of nitrogens with zero attached hydrogens (tertiary/aromatic N) is 7. The fraction of sp³-hybridized carbons (Fsp3) is 0. The van der Waals surface area contributed by atoms with Crippen LogP contribution in [0.1, 0.15) is 16.7 Å². The standard InChI is InChI=1S/C55H31N7/c56-32-37-11-1-3-13-43(37)50-31-49(59-55(60-50)44-14-4-2-12-38(44)33-57)36-23-27-42(39(29-36)34-58)35-21-24-40(25-22-35)61-53-20-10-7-17-47(53)48-30-41(26-28-54(48)61)62-51-18-8-5-15-45(51)46-16-6-9-19-52(46)62/h1-31H. The van der Waals surface area contributed by atoms with E-state index in [1.54, 1.807) is 18.2 Å². The van der Waals surface area contributed by atoms with Crippen molar-refractivity contribution in [2.75, 3.05) is 0 Å². The highest BCUT2D eigenvalue weighted by atomic mass is 15.0. The van der Waals surface area contributed by atoms with Gasteiger partial charge in [0.05, 0.1) is 68.4 Å². The molecule has 7 heteroatoms. The molecule has 0 unspecified atom stereocenters. The van der Waals surface area contributed by atoms with E-state index in [9.17, 15) is 15.8 Å². The van der Waals surface area contributed by atoms with Gasteiger partial charge in [-0.1, -0.05) is 109 Å². The van der Waals surface area contributed by atoms with Gasteiger partial charge in [-0.3, -0.25) is 0 Å². The number of fused-ring (bicyclic) bond motifs is 6. The van der Waals surface area contributed by atoms with Crippen molar-refractivity contribution < 1.29 is 0 Å². The van der Waals surface area contributed by atoms with E-state index in [-0.39, 0.29) is 0 Å². The summed E-state index contributed by atoms with van der Waals surface area (Å²) < 4.78 is 4.66. The van der Waals surface area contributed by atoms with Crippen LogP contribution in [-0.4, -0.2) is 19.1 Å². The molecule has 0 saturated heterocycles. The number of hydrogen-bond acceptors (Lipinski definition) is 5. The molecule has 3 aromatic heterocycles. The molecule has 0 aliphatic rings. The fourth-order valence-corrected chi connectivity index (χ4v) is 8.85. The Bertz CT molecular complexity index is 3610. The lowest BCUT2D eigenvalue weighted by molar-refractivity contribution is 1.17. The summed E-state index contributed by atoms with van der Waals surface area (Å²) in [6.45, 7) is 0. The Morgan fingerprint density at radius 2 is 0.823 bits per heavy atom. The Labute approximate surface area is 356 Å². The quantitative estimate of drug-likeness (QED) is 0.167. The van der Waals surface area contributed by atoms with Gasteiger partial charge < -0.3 is 9.13 Å². The minimum Gasteiger partial charge on any atom is -0.309 e. The van der Waals surface area contributed by atoms with Gasteiger partial charge in [-0.2, -0.15) is 15.8 Å². The summed E-state index contributed by atoms with van der Waals surface area (Å²) in [4.78, 5) is 9.77. The van der Waals surface area contributed by atoms with Crippen LogP contribution in [0.25, 0.3) is 100 Å². The topological polar surface area (TPSA) is 107 Å². The molecule has 0 radical (unpaired) electrons. The van der Waals surface area contributed by atoms with E-state index in [4.69, 9.17) is 9.97 Å². The van der Waals surface area contributed by atoms with Crippen molar-refractivity contribution in [3.63, 3.8) is 0 Å². The van der Waals surface area contributed by atoms with Crippen LogP contribution in [0.15, 0.2) is 188 Å². The van der Waals surface area contributed by atoms with Crippen molar-refractivity contribution in [1.29, 1.82) is 15.8 Å². The number of benzene rings is 8. The minimum atomic E-state index is 0.355. The molecule has 3 heterocycles. The third-order valence-corrected chi connectivity index (χ3v) is 11.7. The van der Waals surface area contributed by atoms with Crippen molar-refractivity contribution in [1.82, 2.24) is 19.1 Å². The van der Waals surface area contributed by atoms with E-state index in [0.717, 1.165) is 38.9 Å². The van der Waals surface area contributed by atoms with Crippen LogP contribution >= 0.6 is 0 Å².